The van der Waals surface area contributed by atoms with E-state index in [1.807, 2.05) is 23.1 Å². The quantitative estimate of drug-likeness (QED) is 0.765. The van der Waals surface area contributed by atoms with Gasteiger partial charge in [-0.3, -0.25) is 9.52 Å². The van der Waals surface area contributed by atoms with Gasteiger partial charge in [0.05, 0.1) is 16.3 Å². The van der Waals surface area contributed by atoms with Gasteiger partial charge in [-0.25, -0.2) is 8.42 Å². The van der Waals surface area contributed by atoms with Gasteiger partial charge in [0.1, 0.15) is 0 Å². The Morgan fingerprint density at radius 2 is 1.70 bits per heavy atom. The van der Waals surface area contributed by atoms with Crippen molar-refractivity contribution in [2.45, 2.75) is 24.7 Å². The first-order chi connectivity index (χ1) is 14.5. The second kappa shape index (κ2) is 8.65. The number of piperazine rings is 1. The van der Waals surface area contributed by atoms with Crippen LogP contribution in [0.5, 0.6) is 0 Å². The molecular weight excluding hydrogens is 400 g/mol. The summed E-state index contributed by atoms with van der Waals surface area (Å²) in [6.45, 7) is 6.50. The Bertz CT molecular complexity index is 1030. The van der Waals surface area contributed by atoms with Gasteiger partial charge in [0.15, 0.2) is 0 Å². The standard InChI is InChI=1S/C22H28N4O3S/c1-17-6-2-3-7-21(17)30(28,29)24-19-16-18(22(27)26-12-4-5-13-26)8-9-20(19)25-14-10-23-11-15-25/h2-3,6-9,16,23-24H,4-5,10-15H2,1H3. The molecule has 1 amide bonds. The lowest BCUT2D eigenvalue weighted by Gasteiger charge is -2.31. The molecule has 0 radical (unpaired) electrons. The summed E-state index contributed by atoms with van der Waals surface area (Å²) < 4.78 is 29.1. The van der Waals surface area contributed by atoms with Crippen molar-refractivity contribution in [2.24, 2.45) is 0 Å². The second-order valence-electron chi connectivity index (χ2n) is 7.84. The third-order valence-electron chi connectivity index (χ3n) is 5.72. The van der Waals surface area contributed by atoms with Crippen LogP contribution in [0.2, 0.25) is 0 Å². The highest BCUT2D eigenvalue weighted by Gasteiger charge is 2.24. The number of nitrogens with zero attached hydrogens (tertiary/aromatic N) is 2. The summed E-state index contributed by atoms with van der Waals surface area (Å²) >= 11 is 0. The fourth-order valence-electron chi connectivity index (χ4n) is 4.09. The first kappa shape index (κ1) is 20.7. The first-order valence-corrected chi connectivity index (χ1v) is 11.9. The van der Waals surface area contributed by atoms with Crippen molar-refractivity contribution in [3.63, 3.8) is 0 Å². The topological polar surface area (TPSA) is 81.8 Å². The summed E-state index contributed by atoms with van der Waals surface area (Å²) in [6.07, 6.45) is 2.02. The van der Waals surface area contributed by atoms with E-state index in [1.165, 1.54) is 0 Å². The fourth-order valence-corrected chi connectivity index (χ4v) is 5.41. The molecule has 0 bridgehead atoms. The molecule has 2 aromatic carbocycles. The Hall–Kier alpha value is -2.58. The number of benzene rings is 2. The molecule has 2 aliphatic rings. The largest absolute Gasteiger partial charge is 0.367 e. The number of carbonyl (C=O) groups is 1. The minimum Gasteiger partial charge on any atom is -0.367 e. The van der Waals surface area contributed by atoms with E-state index in [9.17, 15) is 13.2 Å². The van der Waals surface area contributed by atoms with Crippen molar-refractivity contribution in [1.82, 2.24) is 10.2 Å². The zero-order valence-corrected chi connectivity index (χ0v) is 18.0. The lowest BCUT2D eigenvalue weighted by molar-refractivity contribution is 0.0793. The van der Waals surface area contributed by atoms with Gasteiger partial charge in [-0.05, 0) is 49.6 Å². The predicted octanol–water partition coefficient (Wildman–Crippen LogP) is 2.44. The van der Waals surface area contributed by atoms with Crippen molar-refractivity contribution in [1.29, 1.82) is 0 Å². The predicted molar refractivity (Wildman–Crippen MR) is 119 cm³/mol. The highest BCUT2D eigenvalue weighted by Crippen LogP contribution is 2.31. The highest BCUT2D eigenvalue weighted by atomic mass is 32.2. The van der Waals surface area contributed by atoms with Gasteiger partial charge >= 0.3 is 0 Å². The summed E-state index contributed by atoms with van der Waals surface area (Å²) in [7, 11) is -3.78. The summed E-state index contributed by atoms with van der Waals surface area (Å²) in [5.74, 6) is -0.0456. The molecule has 0 aromatic heterocycles. The van der Waals surface area contributed by atoms with E-state index in [-0.39, 0.29) is 10.8 Å². The molecule has 0 saturated carbocycles. The zero-order valence-electron chi connectivity index (χ0n) is 17.2. The number of aryl methyl sites for hydroxylation is 1. The van der Waals surface area contributed by atoms with Crippen molar-refractivity contribution in [2.75, 3.05) is 48.9 Å². The van der Waals surface area contributed by atoms with Crippen LogP contribution in [0.15, 0.2) is 47.4 Å². The molecule has 2 fully saturated rings. The van der Waals surface area contributed by atoms with Gasteiger partial charge in [-0.15, -0.1) is 0 Å². The minimum atomic E-state index is -3.78. The molecule has 7 nitrogen and oxygen atoms in total. The Kier molecular flexibility index (Phi) is 5.97. The number of hydrogen-bond acceptors (Lipinski definition) is 5. The van der Waals surface area contributed by atoms with Crippen LogP contribution >= 0.6 is 0 Å². The van der Waals surface area contributed by atoms with E-state index in [4.69, 9.17) is 0 Å². The lowest BCUT2D eigenvalue weighted by Crippen LogP contribution is -2.43. The van der Waals surface area contributed by atoms with E-state index in [1.54, 1.807) is 31.2 Å². The number of carbonyl (C=O) groups excluding carboxylic acids is 1. The molecule has 0 aliphatic carbocycles. The minimum absolute atomic E-state index is 0.0456. The van der Waals surface area contributed by atoms with Gasteiger partial charge in [-0.1, -0.05) is 18.2 Å². The number of rotatable bonds is 5. The molecule has 0 unspecified atom stereocenters. The number of anilines is 2. The Labute approximate surface area is 178 Å². The Morgan fingerprint density at radius 1 is 1.00 bits per heavy atom. The normalized spacial score (nSPS) is 17.2. The van der Waals surface area contributed by atoms with Crippen LogP contribution in [0.1, 0.15) is 28.8 Å². The smallest absolute Gasteiger partial charge is 0.262 e. The Morgan fingerprint density at radius 3 is 2.40 bits per heavy atom. The third-order valence-corrected chi connectivity index (χ3v) is 7.25. The average Bonchev–Trinajstić information content (AvgIpc) is 3.28. The van der Waals surface area contributed by atoms with Crippen molar-refractivity contribution in [3.05, 3.63) is 53.6 Å². The van der Waals surface area contributed by atoms with Gasteiger partial charge in [-0.2, -0.15) is 0 Å². The first-order valence-electron chi connectivity index (χ1n) is 10.4. The molecule has 2 heterocycles. The van der Waals surface area contributed by atoms with E-state index in [0.717, 1.165) is 57.8 Å². The lowest BCUT2D eigenvalue weighted by atomic mass is 10.1. The summed E-state index contributed by atoms with van der Waals surface area (Å²) in [5, 5.41) is 3.31. The van der Waals surface area contributed by atoms with Crippen LogP contribution in [-0.2, 0) is 10.0 Å². The number of likely N-dealkylation sites (tertiary alicyclic amines) is 1. The van der Waals surface area contributed by atoms with Crippen LogP contribution in [0.25, 0.3) is 0 Å². The van der Waals surface area contributed by atoms with Gasteiger partial charge in [0, 0.05) is 44.8 Å². The van der Waals surface area contributed by atoms with E-state index in [2.05, 4.69) is 14.9 Å². The maximum atomic E-state index is 13.2. The van der Waals surface area contributed by atoms with Gasteiger partial charge in [0.25, 0.3) is 15.9 Å². The molecule has 2 aliphatic heterocycles. The molecular formula is C22H28N4O3S. The van der Waals surface area contributed by atoms with Crippen molar-refractivity contribution in [3.8, 4) is 0 Å². The SMILES string of the molecule is Cc1ccccc1S(=O)(=O)Nc1cc(C(=O)N2CCCC2)ccc1N1CCNCC1. The average molecular weight is 429 g/mol. The molecule has 0 atom stereocenters. The number of nitrogens with one attached hydrogen (secondary N) is 2. The molecule has 30 heavy (non-hydrogen) atoms. The van der Waals surface area contributed by atoms with Crippen molar-refractivity contribution < 1.29 is 13.2 Å². The second-order valence-corrected chi connectivity index (χ2v) is 9.49. The summed E-state index contributed by atoms with van der Waals surface area (Å²) in [5.41, 5.74) is 2.44. The van der Waals surface area contributed by atoms with Crippen molar-refractivity contribution >= 4 is 27.3 Å². The number of amides is 1. The molecule has 2 saturated heterocycles. The maximum absolute atomic E-state index is 13.2. The van der Waals surface area contributed by atoms with Crippen LogP contribution in [0.3, 0.4) is 0 Å². The summed E-state index contributed by atoms with van der Waals surface area (Å²) in [6, 6.07) is 12.3. The Balaban J connectivity index is 1.71. The summed E-state index contributed by atoms with van der Waals surface area (Å²) in [4.78, 5) is 17.1. The maximum Gasteiger partial charge on any atom is 0.262 e. The third kappa shape index (κ3) is 4.29. The van der Waals surface area contributed by atoms with Crippen LogP contribution in [0.4, 0.5) is 11.4 Å². The molecule has 4 rings (SSSR count). The molecule has 160 valence electrons. The monoisotopic (exact) mass is 428 g/mol. The number of hydrogen-bond donors (Lipinski definition) is 2. The fraction of sp³-hybridized carbons (Fsp3) is 0.409. The van der Waals surface area contributed by atoms with E-state index < -0.39 is 10.0 Å². The highest BCUT2D eigenvalue weighted by molar-refractivity contribution is 7.92. The van der Waals surface area contributed by atoms with Crippen LogP contribution < -0.4 is 14.9 Å². The van der Waals surface area contributed by atoms with Gasteiger partial charge in [0.2, 0.25) is 0 Å². The molecule has 8 heteroatoms. The molecule has 2 aromatic rings. The van der Waals surface area contributed by atoms with E-state index in [0.29, 0.717) is 16.8 Å². The zero-order chi connectivity index (χ0) is 21.1. The van der Waals surface area contributed by atoms with Crippen LogP contribution in [0, 0.1) is 6.92 Å². The molecule has 0 spiro atoms. The number of sulfonamides is 1. The molecule has 2 N–H and O–H groups in total. The van der Waals surface area contributed by atoms with E-state index >= 15 is 0 Å². The van der Waals surface area contributed by atoms with Gasteiger partial charge < -0.3 is 15.1 Å². The van der Waals surface area contributed by atoms with Crippen LogP contribution in [-0.4, -0.2) is 58.5 Å².